The van der Waals surface area contributed by atoms with E-state index in [1.165, 1.54) is 10.9 Å². The molecule has 1 heterocycles. The maximum atomic E-state index is 11.8. The number of rotatable bonds is 5. The van der Waals surface area contributed by atoms with Crippen LogP contribution >= 0.6 is 11.6 Å². The van der Waals surface area contributed by atoms with Gasteiger partial charge in [-0.15, -0.1) is 0 Å². The third-order valence-electron chi connectivity index (χ3n) is 2.16. The summed E-state index contributed by atoms with van der Waals surface area (Å²) >= 11 is 5.92. The Bertz CT molecular complexity index is 485. The van der Waals surface area contributed by atoms with Crippen LogP contribution in [0.4, 0.5) is 5.69 Å². The molecule has 7 heteroatoms. The molecule has 0 fully saturated rings. The monoisotopic (exact) mass is 273 g/mol. The SMILES string of the molecule is CCOC(=O)CNc1cnn(C(C)C)c(=O)c1Cl. The highest BCUT2D eigenvalue weighted by atomic mass is 35.5. The van der Waals surface area contributed by atoms with Gasteiger partial charge in [-0.05, 0) is 20.8 Å². The van der Waals surface area contributed by atoms with E-state index in [-0.39, 0.29) is 23.2 Å². The summed E-state index contributed by atoms with van der Waals surface area (Å²) in [5, 5.41) is 6.71. The minimum atomic E-state index is -0.415. The fraction of sp³-hybridized carbons (Fsp3) is 0.545. The first-order chi connectivity index (χ1) is 8.47. The van der Waals surface area contributed by atoms with Crippen LogP contribution in [0.15, 0.2) is 11.0 Å². The second-order valence-corrected chi connectivity index (χ2v) is 4.25. The zero-order valence-corrected chi connectivity index (χ0v) is 11.3. The van der Waals surface area contributed by atoms with E-state index in [1.54, 1.807) is 6.92 Å². The van der Waals surface area contributed by atoms with E-state index in [2.05, 4.69) is 10.4 Å². The minimum absolute atomic E-state index is 0.0167. The number of anilines is 1. The summed E-state index contributed by atoms with van der Waals surface area (Å²) in [4.78, 5) is 23.0. The summed E-state index contributed by atoms with van der Waals surface area (Å²) in [6, 6.07) is -0.0749. The van der Waals surface area contributed by atoms with Crippen molar-refractivity contribution in [1.82, 2.24) is 9.78 Å². The molecule has 0 aliphatic carbocycles. The summed E-state index contributed by atoms with van der Waals surface area (Å²) in [6.07, 6.45) is 1.42. The van der Waals surface area contributed by atoms with Crippen LogP contribution in [0.5, 0.6) is 0 Å². The van der Waals surface area contributed by atoms with Crippen molar-refractivity contribution in [2.75, 3.05) is 18.5 Å². The molecule has 1 rings (SSSR count). The molecule has 0 atom stereocenters. The highest BCUT2D eigenvalue weighted by Gasteiger charge is 2.12. The molecule has 0 aromatic carbocycles. The third-order valence-corrected chi connectivity index (χ3v) is 2.53. The zero-order chi connectivity index (χ0) is 13.7. The summed E-state index contributed by atoms with van der Waals surface area (Å²) in [5.74, 6) is -0.415. The average molecular weight is 274 g/mol. The lowest BCUT2D eigenvalue weighted by Crippen LogP contribution is -2.26. The number of nitrogens with zero attached hydrogens (tertiary/aromatic N) is 2. The Hall–Kier alpha value is -1.56. The number of esters is 1. The van der Waals surface area contributed by atoms with Crippen molar-refractivity contribution in [3.63, 3.8) is 0 Å². The van der Waals surface area contributed by atoms with Crippen molar-refractivity contribution in [3.05, 3.63) is 21.6 Å². The van der Waals surface area contributed by atoms with E-state index in [0.29, 0.717) is 12.3 Å². The zero-order valence-electron chi connectivity index (χ0n) is 10.6. The van der Waals surface area contributed by atoms with Gasteiger partial charge in [-0.1, -0.05) is 11.6 Å². The standard InChI is InChI=1S/C11H16ClN3O3/c1-4-18-9(16)6-13-8-5-14-15(7(2)3)11(17)10(8)12/h5,7,13H,4,6H2,1-3H3. The molecule has 100 valence electrons. The van der Waals surface area contributed by atoms with Crippen LogP contribution in [-0.4, -0.2) is 28.9 Å². The largest absolute Gasteiger partial charge is 0.465 e. The molecule has 0 aliphatic heterocycles. The van der Waals surface area contributed by atoms with E-state index in [4.69, 9.17) is 16.3 Å². The first-order valence-electron chi connectivity index (χ1n) is 5.64. The van der Waals surface area contributed by atoms with Crippen molar-refractivity contribution in [1.29, 1.82) is 0 Å². The number of aromatic nitrogens is 2. The Morgan fingerprint density at radius 2 is 2.28 bits per heavy atom. The number of carbonyl (C=O) groups is 1. The summed E-state index contributed by atoms with van der Waals surface area (Å²) in [6.45, 7) is 5.63. The van der Waals surface area contributed by atoms with Crippen molar-refractivity contribution in [3.8, 4) is 0 Å². The molecule has 1 aromatic rings. The molecule has 0 unspecified atom stereocenters. The van der Waals surface area contributed by atoms with Gasteiger partial charge in [-0.2, -0.15) is 5.10 Å². The van der Waals surface area contributed by atoms with Gasteiger partial charge in [0.15, 0.2) is 0 Å². The predicted octanol–water partition coefficient (Wildman–Crippen LogP) is 1.45. The van der Waals surface area contributed by atoms with Gasteiger partial charge in [0.1, 0.15) is 11.6 Å². The summed E-state index contributed by atoms with van der Waals surface area (Å²) < 4.78 is 6.02. The molecule has 1 aromatic heterocycles. The molecule has 0 saturated heterocycles. The van der Waals surface area contributed by atoms with Crippen LogP contribution in [0.2, 0.25) is 5.02 Å². The normalized spacial score (nSPS) is 10.5. The molecule has 18 heavy (non-hydrogen) atoms. The number of hydrogen-bond acceptors (Lipinski definition) is 5. The molecular weight excluding hydrogens is 258 g/mol. The quantitative estimate of drug-likeness (QED) is 0.822. The van der Waals surface area contributed by atoms with Crippen molar-refractivity contribution >= 4 is 23.3 Å². The number of hydrogen-bond donors (Lipinski definition) is 1. The predicted molar refractivity (Wildman–Crippen MR) is 69.0 cm³/mol. The molecule has 0 bridgehead atoms. The van der Waals surface area contributed by atoms with Gasteiger partial charge in [-0.3, -0.25) is 9.59 Å². The fourth-order valence-corrected chi connectivity index (χ4v) is 1.52. The maximum Gasteiger partial charge on any atom is 0.325 e. The number of ether oxygens (including phenoxy) is 1. The molecule has 0 spiro atoms. The average Bonchev–Trinajstić information content (AvgIpc) is 2.31. The van der Waals surface area contributed by atoms with E-state index < -0.39 is 5.97 Å². The minimum Gasteiger partial charge on any atom is -0.465 e. The van der Waals surface area contributed by atoms with E-state index in [9.17, 15) is 9.59 Å². The van der Waals surface area contributed by atoms with Crippen LogP contribution in [0.3, 0.4) is 0 Å². The number of carbonyl (C=O) groups excluding carboxylic acids is 1. The molecule has 0 saturated carbocycles. The van der Waals surface area contributed by atoms with E-state index in [0.717, 1.165) is 0 Å². The number of nitrogens with one attached hydrogen (secondary N) is 1. The van der Waals surface area contributed by atoms with E-state index in [1.807, 2.05) is 13.8 Å². The highest BCUT2D eigenvalue weighted by Crippen LogP contribution is 2.15. The fourth-order valence-electron chi connectivity index (χ4n) is 1.32. The molecule has 0 aliphatic rings. The van der Waals surface area contributed by atoms with E-state index >= 15 is 0 Å². The van der Waals surface area contributed by atoms with Gasteiger partial charge in [0, 0.05) is 0 Å². The summed E-state index contributed by atoms with van der Waals surface area (Å²) in [7, 11) is 0. The Morgan fingerprint density at radius 3 is 2.83 bits per heavy atom. The molecular formula is C11H16ClN3O3. The Morgan fingerprint density at radius 1 is 1.61 bits per heavy atom. The lowest BCUT2D eigenvalue weighted by Gasteiger charge is -2.11. The Kier molecular flexibility index (Phi) is 5.15. The first-order valence-corrected chi connectivity index (χ1v) is 6.02. The second kappa shape index (κ2) is 6.39. The lowest BCUT2D eigenvalue weighted by molar-refractivity contribution is -0.140. The second-order valence-electron chi connectivity index (χ2n) is 3.87. The summed E-state index contributed by atoms with van der Waals surface area (Å²) in [5.41, 5.74) is -0.0628. The van der Waals surface area contributed by atoms with Gasteiger partial charge in [-0.25, -0.2) is 4.68 Å². The highest BCUT2D eigenvalue weighted by molar-refractivity contribution is 6.33. The maximum absolute atomic E-state index is 11.8. The molecule has 0 amide bonds. The van der Waals surface area contributed by atoms with Crippen molar-refractivity contribution < 1.29 is 9.53 Å². The Balaban J connectivity index is 2.83. The van der Waals surface area contributed by atoms with Gasteiger partial charge in [0.2, 0.25) is 0 Å². The van der Waals surface area contributed by atoms with Crippen LogP contribution in [0.1, 0.15) is 26.8 Å². The smallest absolute Gasteiger partial charge is 0.325 e. The molecule has 1 N–H and O–H groups in total. The van der Waals surface area contributed by atoms with Crippen LogP contribution in [0.25, 0.3) is 0 Å². The van der Waals surface area contributed by atoms with Crippen LogP contribution < -0.4 is 10.9 Å². The van der Waals surface area contributed by atoms with Gasteiger partial charge in [0.05, 0.1) is 24.5 Å². The van der Waals surface area contributed by atoms with Gasteiger partial charge < -0.3 is 10.1 Å². The van der Waals surface area contributed by atoms with Crippen LogP contribution in [0, 0.1) is 0 Å². The topological polar surface area (TPSA) is 73.2 Å². The van der Waals surface area contributed by atoms with Crippen molar-refractivity contribution in [2.24, 2.45) is 0 Å². The lowest BCUT2D eigenvalue weighted by atomic mass is 10.4. The molecule has 6 nitrogen and oxygen atoms in total. The van der Waals surface area contributed by atoms with Crippen molar-refractivity contribution in [2.45, 2.75) is 26.8 Å². The first kappa shape index (κ1) is 14.5. The van der Waals surface area contributed by atoms with Gasteiger partial charge >= 0.3 is 5.97 Å². The van der Waals surface area contributed by atoms with Crippen LogP contribution in [-0.2, 0) is 9.53 Å². The van der Waals surface area contributed by atoms with Gasteiger partial charge in [0.25, 0.3) is 5.56 Å². The number of halogens is 1. The third kappa shape index (κ3) is 3.46. The molecule has 0 radical (unpaired) electrons. The Labute approximate surface area is 110 Å².